The quantitative estimate of drug-likeness (QED) is 0.819. The summed E-state index contributed by atoms with van der Waals surface area (Å²) in [6.45, 7) is 4.74. The molecule has 0 radical (unpaired) electrons. The second-order valence-electron chi connectivity index (χ2n) is 7.38. The van der Waals surface area contributed by atoms with E-state index in [4.69, 9.17) is 9.84 Å². The Kier molecular flexibility index (Phi) is 6.85. The van der Waals surface area contributed by atoms with Crippen LogP contribution in [0.15, 0.2) is 24.3 Å². The fraction of sp³-hybridized carbons (Fsp3) is 0.600. The van der Waals surface area contributed by atoms with Crippen LogP contribution in [0.1, 0.15) is 45.1 Å². The molecular weight excluding hydrogens is 318 g/mol. The first-order chi connectivity index (χ1) is 11.9. The van der Waals surface area contributed by atoms with E-state index in [1.807, 2.05) is 19.2 Å². The second kappa shape index (κ2) is 8.88. The molecule has 0 atom stereocenters. The van der Waals surface area contributed by atoms with Crippen LogP contribution in [0.2, 0.25) is 0 Å². The SMILES string of the molecule is CC(C)C1CCC(C(=O)N(C)Cc2ccc(OCC(=O)O)cc2)CC1. The number of rotatable bonds is 7. The minimum Gasteiger partial charge on any atom is -0.482 e. The number of nitrogens with zero attached hydrogens (tertiary/aromatic N) is 1. The lowest BCUT2D eigenvalue weighted by atomic mass is 9.76. The van der Waals surface area contributed by atoms with Gasteiger partial charge in [-0.25, -0.2) is 4.79 Å². The minimum absolute atomic E-state index is 0.151. The molecule has 0 bridgehead atoms. The first-order valence-electron chi connectivity index (χ1n) is 9.05. The number of carbonyl (C=O) groups excluding carboxylic acids is 1. The highest BCUT2D eigenvalue weighted by Crippen LogP contribution is 2.34. The maximum Gasteiger partial charge on any atom is 0.341 e. The van der Waals surface area contributed by atoms with Gasteiger partial charge in [-0.2, -0.15) is 0 Å². The van der Waals surface area contributed by atoms with Crippen molar-refractivity contribution >= 4 is 11.9 Å². The molecule has 0 aliphatic heterocycles. The number of aliphatic carboxylic acids is 1. The van der Waals surface area contributed by atoms with Crippen LogP contribution in [0.25, 0.3) is 0 Å². The summed E-state index contributed by atoms with van der Waals surface area (Å²) in [4.78, 5) is 25.0. The molecule has 5 nitrogen and oxygen atoms in total. The van der Waals surface area contributed by atoms with Gasteiger partial charge in [0.05, 0.1) is 0 Å². The van der Waals surface area contributed by atoms with Crippen molar-refractivity contribution < 1.29 is 19.4 Å². The van der Waals surface area contributed by atoms with E-state index < -0.39 is 5.97 Å². The van der Waals surface area contributed by atoms with Crippen molar-refractivity contribution in [3.8, 4) is 5.75 Å². The van der Waals surface area contributed by atoms with E-state index in [-0.39, 0.29) is 18.4 Å². The molecule has 1 saturated carbocycles. The second-order valence-corrected chi connectivity index (χ2v) is 7.38. The summed E-state index contributed by atoms with van der Waals surface area (Å²) in [5, 5.41) is 8.61. The van der Waals surface area contributed by atoms with Gasteiger partial charge in [0.15, 0.2) is 6.61 Å². The molecule has 0 aromatic heterocycles. The fourth-order valence-corrected chi connectivity index (χ4v) is 3.53. The maximum absolute atomic E-state index is 12.7. The predicted octanol–water partition coefficient (Wildman–Crippen LogP) is 3.57. The smallest absolute Gasteiger partial charge is 0.341 e. The number of carbonyl (C=O) groups is 2. The molecule has 1 aromatic rings. The number of amides is 1. The molecule has 1 amide bonds. The predicted molar refractivity (Wildman–Crippen MR) is 96.3 cm³/mol. The van der Waals surface area contributed by atoms with E-state index in [0.717, 1.165) is 37.2 Å². The Balaban J connectivity index is 1.83. The zero-order valence-corrected chi connectivity index (χ0v) is 15.4. The van der Waals surface area contributed by atoms with Crippen LogP contribution in [0.4, 0.5) is 0 Å². The van der Waals surface area contributed by atoms with E-state index >= 15 is 0 Å². The first-order valence-corrected chi connectivity index (χ1v) is 9.05. The van der Waals surface area contributed by atoms with Crippen molar-refractivity contribution in [1.29, 1.82) is 0 Å². The molecule has 0 spiro atoms. The molecule has 1 aliphatic carbocycles. The van der Waals surface area contributed by atoms with Crippen LogP contribution in [-0.4, -0.2) is 35.5 Å². The average molecular weight is 347 g/mol. The van der Waals surface area contributed by atoms with Gasteiger partial charge in [-0.05, 0) is 55.2 Å². The molecule has 2 rings (SSSR count). The Morgan fingerprint density at radius 2 is 1.76 bits per heavy atom. The third-order valence-corrected chi connectivity index (χ3v) is 5.15. The van der Waals surface area contributed by atoms with Gasteiger partial charge < -0.3 is 14.7 Å². The van der Waals surface area contributed by atoms with Crippen LogP contribution in [0.5, 0.6) is 5.75 Å². The van der Waals surface area contributed by atoms with Crippen molar-refractivity contribution in [2.24, 2.45) is 17.8 Å². The molecule has 0 unspecified atom stereocenters. The van der Waals surface area contributed by atoms with Gasteiger partial charge in [-0.1, -0.05) is 26.0 Å². The molecule has 1 N–H and O–H groups in total. The number of hydrogen-bond donors (Lipinski definition) is 1. The van der Waals surface area contributed by atoms with Crippen molar-refractivity contribution in [3.05, 3.63) is 29.8 Å². The summed E-state index contributed by atoms with van der Waals surface area (Å²) in [6.07, 6.45) is 4.29. The van der Waals surface area contributed by atoms with Gasteiger partial charge in [0.2, 0.25) is 5.91 Å². The summed E-state index contributed by atoms with van der Waals surface area (Å²) in [6, 6.07) is 7.22. The summed E-state index contributed by atoms with van der Waals surface area (Å²) in [5.74, 6) is 1.36. The van der Waals surface area contributed by atoms with Crippen LogP contribution in [0, 0.1) is 17.8 Å². The fourth-order valence-electron chi connectivity index (χ4n) is 3.53. The lowest BCUT2D eigenvalue weighted by Crippen LogP contribution is -2.35. The summed E-state index contributed by atoms with van der Waals surface area (Å²) in [7, 11) is 1.85. The molecule has 138 valence electrons. The molecule has 1 fully saturated rings. The third-order valence-electron chi connectivity index (χ3n) is 5.15. The van der Waals surface area contributed by atoms with Crippen LogP contribution < -0.4 is 4.74 Å². The lowest BCUT2D eigenvalue weighted by molar-refractivity contribution is -0.139. The number of carboxylic acids is 1. The lowest BCUT2D eigenvalue weighted by Gasteiger charge is -2.32. The molecule has 25 heavy (non-hydrogen) atoms. The molecular formula is C20H29NO4. The summed E-state index contributed by atoms with van der Waals surface area (Å²) < 4.78 is 5.12. The topological polar surface area (TPSA) is 66.8 Å². The number of carboxylic acid groups (broad SMARTS) is 1. The van der Waals surface area contributed by atoms with Crippen LogP contribution >= 0.6 is 0 Å². The Morgan fingerprint density at radius 3 is 2.28 bits per heavy atom. The first kappa shape index (κ1) is 19.3. The zero-order chi connectivity index (χ0) is 18.4. The van der Waals surface area contributed by atoms with Gasteiger partial charge >= 0.3 is 5.97 Å². The Bertz CT molecular complexity index is 574. The molecule has 5 heteroatoms. The van der Waals surface area contributed by atoms with E-state index in [1.54, 1.807) is 17.0 Å². The number of benzene rings is 1. The average Bonchev–Trinajstić information content (AvgIpc) is 2.60. The normalized spacial score (nSPS) is 20.3. The van der Waals surface area contributed by atoms with Crippen molar-refractivity contribution in [2.75, 3.05) is 13.7 Å². The van der Waals surface area contributed by atoms with Crippen LogP contribution in [0.3, 0.4) is 0 Å². The maximum atomic E-state index is 12.7. The summed E-state index contributed by atoms with van der Waals surface area (Å²) in [5.41, 5.74) is 1.01. The molecule has 0 saturated heterocycles. The molecule has 1 aliphatic rings. The highest BCUT2D eigenvalue weighted by molar-refractivity contribution is 5.78. The Morgan fingerprint density at radius 1 is 1.16 bits per heavy atom. The van der Waals surface area contributed by atoms with Gasteiger partial charge in [0, 0.05) is 19.5 Å². The van der Waals surface area contributed by atoms with Gasteiger partial charge in [0.1, 0.15) is 5.75 Å². The van der Waals surface area contributed by atoms with Crippen molar-refractivity contribution in [2.45, 2.75) is 46.1 Å². The highest BCUT2D eigenvalue weighted by atomic mass is 16.5. The summed E-state index contributed by atoms with van der Waals surface area (Å²) >= 11 is 0. The molecule has 0 heterocycles. The van der Waals surface area contributed by atoms with Crippen molar-refractivity contribution in [1.82, 2.24) is 4.90 Å². The van der Waals surface area contributed by atoms with Crippen LogP contribution in [-0.2, 0) is 16.1 Å². The van der Waals surface area contributed by atoms with E-state index in [2.05, 4.69) is 13.8 Å². The molecule has 1 aromatic carbocycles. The highest BCUT2D eigenvalue weighted by Gasteiger charge is 2.29. The number of ether oxygens (including phenoxy) is 1. The van der Waals surface area contributed by atoms with Gasteiger partial charge in [-0.3, -0.25) is 4.79 Å². The Hall–Kier alpha value is -2.04. The van der Waals surface area contributed by atoms with Gasteiger partial charge in [-0.15, -0.1) is 0 Å². The zero-order valence-electron chi connectivity index (χ0n) is 15.4. The minimum atomic E-state index is -0.999. The monoisotopic (exact) mass is 347 g/mol. The standard InChI is InChI=1S/C20H29NO4/c1-14(2)16-6-8-17(9-7-16)20(24)21(3)12-15-4-10-18(11-5-15)25-13-19(22)23/h4-5,10-11,14,16-17H,6-9,12-13H2,1-3H3,(H,22,23). The largest absolute Gasteiger partial charge is 0.482 e. The van der Waals surface area contributed by atoms with E-state index in [1.165, 1.54) is 0 Å². The van der Waals surface area contributed by atoms with Crippen molar-refractivity contribution in [3.63, 3.8) is 0 Å². The number of hydrogen-bond acceptors (Lipinski definition) is 3. The van der Waals surface area contributed by atoms with E-state index in [0.29, 0.717) is 18.2 Å². The third kappa shape index (κ3) is 5.76. The Labute approximate surface area is 150 Å². The van der Waals surface area contributed by atoms with E-state index in [9.17, 15) is 9.59 Å². The van der Waals surface area contributed by atoms with Gasteiger partial charge in [0.25, 0.3) is 0 Å².